The first-order valence-electron chi connectivity index (χ1n) is 10.2. The van der Waals surface area contributed by atoms with Gasteiger partial charge >= 0.3 is 0 Å². The monoisotopic (exact) mass is 489 g/mol. The van der Waals surface area contributed by atoms with Gasteiger partial charge in [0.25, 0.3) is 6.43 Å². The zero-order chi connectivity index (χ0) is 24.9. The van der Waals surface area contributed by atoms with E-state index in [-0.39, 0.29) is 29.5 Å². The van der Waals surface area contributed by atoms with Crippen LogP contribution in [-0.2, 0) is 17.9 Å². The van der Waals surface area contributed by atoms with Gasteiger partial charge < -0.3 is 5.32 Å². The molecule has 0 radical (unpaired) electrons. The summed E-state index contributed by atoms with van der Waals surface area (Å²) in [6.07, 6.45) is -1.18. The molecule has 6 nitrogen and oxygen atoms in total. The maximum atomic E-state index is 14.1. The Kier molecular flexibility index (Phi) is 6.13. The van der Waals surface area contributed by atoms with Gasteiger partial charge in [0, 0.05) is 11.6 Å². The van der Waals surface area contributed by atoms with Gasteiger partial charge in [-0.1, -0.05) is 0 Å². The van der Waals surface area contributed by atoms with Crippen molar-refractivity contribution < 1.29 is 35.5 Å². The van der Waals surface area contributed by atoms with Gasteiger partial charge in [0.1, 0.15) is 12.2 Å². The van der Waals surface area contributed by atoms with E-state index in [1.165, 1.54) is 24.6 Å². The van der Waals surface area contributed by atoms with E-state index < -0.39 is 59.2 Å². The van der Waals surface area contributed by atoms with E-state index in [0.29, 0.717) is 5.69 Å². The number of aromatic nitrogens is 4. The van der Waals surface area contributed by atoms with Crippen molar-refractivity contribution in [2.24, 2.45) is 0 Å². The summed E-state index contributed by atoms with van der Waals surface area (Å²) in [5.41, 5.74) is -0.427. The Balaban J connectivity index is 1.56. The predicted molar refractivity (Wildman–Crippen MR) is 105 cm³/mol. The molecule has 2 heterocycles. The van der Waals surface area contributed by atoms with Gasteiger partial charge in [-0.2, -0.15) is 10.2 Å². The van der Waals surface area contributed by atoms with Crippen molar-refractivity contribution in [3.05, 3.63) is 63.5 Å². The average Bonchev–Trinajstić information content (AvgIpc) is 3.50. The van der Waals surface area contributed by atoms with Crippen LogP contribution in [0, 0.1) is 42.9 Å². The molecule has 0 saturated heterocycles. The highest BCUT2D eigenvalue weighted by molar-refractivity contribution is 5.91. The van der Waals surface area contributed by atoms with Crippen molar-refractivity contribution in [1.29, 1.82) is 0 Å². The number of nitrogens with one attached hydrogen (secondary N) is 1. The molecule has 1 N–H and O–H groups in total. The van der Waals surface area contributed by atoms with Crippen molar-refractivity contribution >= 4 is 11.6 Å². The zero-order valence-electron chi connectivity index (χ0n) is 17.9. The standard InChI is InChI=1S/C21H18F7N5O/c1-8-20(29-14(34)7-33-13(10-3-4-10)5-12(31-33)21(27)28)9(2)32(30-8)6-11-15(22)17(24)19(26)18(25)16(11)23/h5,10,21H,3-4,6-7H2,1-2H3,(H,29,34). The van der Waals surface area contributed by atoms with Crippen LogP contribution in [0.1, 0.15) is 53.5 Å². The molecule has 1 amide bonds. The Morgan fingerprint density at radius 1 is 1.00 bits per heavy atom. The van der Waals surface area contributed by atoms with E-state index in [0.717, 1.165) is 17.5 Å². The smallest absolute Gasteiger partial charge is 0.282 e. The highest BCUT2D eigenvalue weighted by atomic mass is 19.3. The van der Waals surface area contributed by atoms with Crippen LogP contribution in [0.5, 0.6) is 0 Å². The van der Waals surface area contributed by atoms with E-state index in [2.05, 4.69) is 15.5 Å². The minimum atomic E-state index is -2.79. The number of rotatable bonds is 7. The fourth-order valence-electron chi connectivity index (χ4n) is 3.68. The van der Waals surface area contributed by atoms with Crippen LogP contribution in [0.3, 0.4) is 0 Å². The van der Waals surface area contributed by atoms with Crippen LogP contribution < -0.4 is 5.32 Å². The molecule has 2 aromatic heterocycles. The zero-order valence-corrected chi connectivity index (χ0v) is 17.9. The van der Waals surface area contributed by atoms with Crippen LogP contribution in [0.4, 0.5) is 36.4 Å². The number of amides is 1. The van der Waals surface area contributed by atoms with Crippen LogP contribution in [0.25, 0.3) is 0 Å². The molecule has 0 atom stereocenters. The molecular weight excluding hydrogens is 471 g/mol. The third-order valence-corrected chi connectivity index (χ3v) is 5.60. The minimum Gasteiger partial charge on any atom is -0.321 e. The number of benzene rings is 1. The number of carbonyl (C=O) groups excluding carboxylic acids is 1. The minimum absolute atomic E-state index is 0.0558. The molecule has 1 aromatic carbocycles. The molecule has 34 heavy (non-hydrogen) atoms. The molecule has 1 aliphatic carbocycles. The topological polar surface area (TPSA) is 64.7 Å². The fraction of sp³-hybridized carbons (Fsp3) is 0.381. The lowest BCUT2D eigenvalue weighted by atomic mass is 10.1. The lowest BCUT2D eigenvalue weighted by Gasteiger charge is -2.11. The summed E-state index contributed by atoms with van der Waals surface area (Å²) in [5, 5.41) is 10.4. The molecule has 13 heteroatoms. The number of halogens is 7. The van der Waals surface area contributed by atoms with E-state index in [1.807, 2.05) is 0 Å². The molecular formula is C21H18F7N5O. The molecule has 1 fully saturated rings. The van der Waals surface area contributed by atoms with Crippen molar-refractivity contribution in [1.82, 2.24) is 19.6 Å². The summed E-state index contributed by atoms with van der Waals surface area (Å²) >= 11 is 0. The van der Waals surface area contributed by atoms with Gasteiger partial charge in [0.05, 0.1) is 29.2 Å². The number of aryl methyl sites for hydroxylation is 1. The summed E-state index contributed by atoms with van der Waals surface area (Å²) in [4.78, 5) is 12.6. The summed E-state index contributed by atoms with van der Waals surface area (Å²) in [6, 6.07) is 1.27. The molecule has 1 saturated carbocycles. The molecule has 0 bridgehead atoms. The van der Waals surface area contributed by atoms with Crippen LogP contribution in [-0.4, -0.2) is 25.5 Å². The SMILES string of the molecule is Cc1nn(Cc2c(F)c(F)c(F)c(F)c2F)c(C)c1NC(=O)Cn1nc(C(F)F)cc1C1CC1. The van der Waals surface area contributed by atoms with Crippen molar-refractivity contribution in [3.63, 3.8) is 0 Å². The number of anilines is 1. The van der Waals surface area contributed by atoms with Gasteiger partial charge in [-0.05, 0) is 32.8 Å². The first kappa shape index (κ1) is 23.8. The molecule has 4 rings (SSSR count). The molecule has 0 unspecified atom stereocenters. The maximum Gasteiger partial charge on any atom is 0.282 e. The van der Waals surface area contributed by atoms with Crippen molar-refractivity contribution in [2.45, 2.75) is 52.1 Å². The average molecular weight is 489 g/mol. The Hall–Kier alpha value is -3.38. The molecule has 1 aliphatic rings. The Morgan fingerprint density at radius 2 is 1.59 bits per heavy atom. The molecule has 0 aliphatic heterocycles. The largest absolute Gasteiger partial charge is 0.321 e. The Morgan fingerprint density at radius 3 is 2.15 bits per heavy atom. The second-order valence-electron chi connectivity index (χ2n) is 8.03. The number of nitrogens with zero attached hydrogens (tertiary/aromatic N) is 4. The van der Waals surface area contributed by atoms with Gasteiger partial charge in [-0.3, -0.25) is 14.2 Å². The third-order valence-electron chi connectivity index (χ3n) is 5.60. The highest BCUT2D eigenvalue weighted by Gasteiger charge is 2.31. The quantitative estimate of drug-likeness (QED) is 0.292. The first-order chi connectivity index (χ1) is 16.0. The predicted octanol–water partition coefficient (Wildman–Crippen LogP) is 4.89. The molecule has 3 aromatic rings. The Bertz CT molecular complexity index is 1250. The lowest BCUT2D eigenvalue weighted by molar-refractivity contribution is -0.117. The highest BCUT2D eigenvalue weighted by Crippen LogP contribution is 2.41. The number of hydrogen-bond donors (Lipinski definition) is 1. The summed E-state index contributed by atoms with van der Waals surface area (Å²) in [7, 11) is 0. The van der Waals surface area contributed by atoms with Gasteiger partial charge in [0.15, 0.2) is 23.3 Å². The normalized spacial score (nSPS) is 13.7. The van der Waals surface area contributed by atoms with Crippen LogP contribution >= 0.6 is 0 Å². The second-order valence-corrected chi connectivity index (χ2v) is 8.03. The van der Waals surface area contributed by atoms with E-state index in [1.54, 1.807) is 0 Å². The summed E-state index contributed by atoms with van der Waals surface area (Å²) in [6.45, 7) is 1.76. The van der Waals surface area contributed by atoms with Gasteiger partial charge in [0.2, 0.25) is 11.7 Å². The van der Waals surface area contributed by atoms with Gasteiger partial charge in [-0.25, -0.2) is 30.7 Å². The number of hydrogen-bond acceptors (Lipinski definition) is 3. The first-order valence-corrected chi connectivity index (χ1v) is 10.2. The van der Waals surface area contributed by atoms with Crippen molar-refractivity contribution in [3.8, 4) is 0 Å². The second kappa shape index (κ2) is 8.76. The summed E-state index contributed by atoms with van der Waals surface area (Å²) in [5.74, 6) is -10.9. The Labute approximate surface area is 188 Å². The fourth-order valence-corrected chi connectivity index (χ4v) is 3.68. The molecule has 0 spiro atoms. The van der Waals surface area contributed by atoms with E-state index >= 15 is 0 Å². The number of carbonyl (C=O) groups is 1. The van der Waals surface area contributed by atoms with E-state index in [9.17, 15) is 35.5 Å². The van der Waals surface area contributed by atoms with Crippen LogP contribution in [0.15, 0.2) is 6.07 Å². The van der Waals surface area contributed by atoms with Crippen LogP contribution in [0.2, 0.25) is 0 Å². The number of alkyl halides is 2. The summed E-state index contributed by atoms with van der Waals surface area (Å²) < 4.78 is 96.7. The van der Waals surface area contributed by atoms with Gasteiger partial charge in [-0.15, -0.1) is 0 Å². The van der Waals surface area contributed by atoms with Crippen molar-refractivity contribution in [2.75, 3.05) is 5.32 Å². The third kappa shape index (κ3) is 4.26. The maximum absolute atomic E-state index is 14.1. The molecule has 182 valence electrons. The lowest BCUT2D eigenvalue weighted by Crippen LogP contribution is -2.21. The van der Waals surface area contributed by atoms with E-state index in [4.69, 9.17) is 0 Å².